The van der Waals surface area contributed by atoms with Gasteiger partial charge < -0.3 is 14.4 Å². The Labute approximate surface area is 114 Å². The molecule has 0 spiro atoms. The Morgan fingerprint density at radius 3 is 2.58 bits per heavy atom. The first-order valence-electron chi connectivity index (χ1n) is 6.62. The first-order chi connectivity index (χ1) is 9.16. The van der Waals surface area contributed by atoms with E-state index in [1.165, 1.54) is 0 Å². The molecule has 0 saturated carbocycles. The quantitative estimate of drug-likeness (QED) is 0.863. The summed E-state index contributed by atoms with van der Waals surface area (Å²) in [6.07, 6.45) is 3.47. The molecule has 0 bridgehead atoms. The second-order valence-electron chi connectivity index (χ2n) is 5.11. The second kappa shape index (κ2) is 6.55. The smallest absolute Gasteiger partial charge is 0.122 e. The molecule has 102 valence electrons. The molecule has 1 atom stereocenters. The fourth-order valence-corrected chi connectivity index (χ4v) is 1.94. The first kappa shape index (κ1) is 13.8. The van der Waals surface area contributed by atoms with Gasteiger partial charge in [-0.05, 0) is 23.1 Å². The highest BCUT2D eigenvalue weighted by Crippen LogP contribution is 2.21. The van der Waals surface area contributed by atoms with E-state index in [1.807, 2.05) is 67.2 Å². The summed E-state index contributed by atoms with van der Waals surface area (Å²) in [6.45, 7) is 5.11. The van der Waals surface area contributed by atoms with Crippen molar-refractivity contribution in [2.24, 2.45) is 5.92 Å². The molecule has 0 radical (unpaired) electrons. The maximum atomic E-state index is 9.96. The molecule has 1 unspecified atom stereocenters. The van der Waals surface area contributed by atoms with Crippen LogP contribution in [0.25, 0.3) is 0 Å². The normalized spacial score (nSPS) is 12.8. The predicted molar refractivity (Wildman–Crippen MR) is 75.5 cm³/mol. The van der Waals surface area contributed by atoms with Crippen LogP contribution in [0, 0.1) is 5.92 Å². The van der Waals surface area contributed by atoms with Gasteiger partial charge in [0.2, 0.25) is 0 Å². The van der Waals surface area contributed by atoms with Crippen LogP contribution in [-0.4, -0.2) is 9.67 Å². The summed E-state index contributed by atoms with van der Waals surface area (Å²) in [4.78, 5) is 0. The number of benzene rings is 1. The zero-order valence-electron chi connectivity index (χ0n) is 11.5. The molecule has 1 aromatic carbocycles. The summed E-state index contributed by atoms with van der Waals surface area (Å²) in [5, 5.41) is 9.96. The zero-order chi connectivity index (χ0) is 13.7. The SMILES string of the molecule is CC(C)C(O)c1ccn(COCc2ccccc2)c1. The number of aliphatic hydroxyl groups is 1. The second-order valence-corrected chi connectivity index (χ2v) is 5.11. The number of hydrogen-bond donors (Lipinski definition) is 1. The van der Waals surface area contributed by atoms with Gasteiger partial charge >= 0.3 is 0 Å². The fraction of sp³-hybridized carbons (Fsp3) is 0.375. The van der Waals surface area contributed by atoms with Crippen LogP contribution < -0.4 is 0 Å². The van der Waals surface area contributed by atoms with Gasteiger partial charge in [-0.1, -0.05) is 44.2 Å². The van der Waals surface area contributed by atoms with Gasteiger partial charge in [0.05, 0.1) is 12.7 Å². The van der Waals surface area contributed by atoms with Crippen LogP contribution in [0.5, 0.6) is 0 Å². The van der Waals surface area contributed by atoms with Crippen molar-refractivity contribution in [2.75, 3.05) is 0 Å². The maximum absolute atomic E-state index is 9.96. The number of rotatable bonds is 6. The minimum absolute atomic E-state index is 0.223. The molecule has 2 rings (SSSR count). The Morgan fingerprint density at radius 1 is 1.16 bits per heavy atom. The van der Waals surface area contributed by atoms with Gasteiger partial charge in [0.15, 0.2) is 0 Å². The molecule has 19 heavy (non-hydrogen) atoms. The lowest BCUT2D eigenvalue weighted by molar-refractivity contribution is 0.0636. The lowest BCUT2D eigenvalue weighted by Crippen LogP contribution is -2.05. The summed E-state index contributed by atoms with van der Waals surface area (Å²) in [6, 6.07) is 12.0. The average molecular weight is 259 g/mol. The topological polar surface area (TPSA) is 34.4 Å². The van der Waals surface area contributed by atoms with E-state index in [-0.39, 0.29) is 5.92 Å². The molecule has 0 fully saturated rings. The van der Waals surface area contributed by atoms with Gasteiger partial charge in [0.25, 0.3) is 0 Å². The largest absolute Gasteiger partial charge is 0.388 e. The zero-order valence-corrected chi connectivity index (χ0v) is 11.5. The summed E-state index contributed by atoms with van der Waals surface area (Å²) < 4.78 is 7.59. The van der Waals surface area contributed by atoms with Crippen molar-refractivity contribution in [1.29, 1.82) is 0 Å². The lowest BCUT2D eigenvalue weighted by atomic mass is 10.0. The third kappa shape index (κ3) is 3.94. The lowest BCUT2D eigenvalue weighted by Gasteiger charge is -2.12. The van der Waals surface area contributed by atoms with E-state index < -0.39 is 6.10 Å². The Bertz CT molecular complexity index is 490. The Morgan fingerprint density at radius 2 is 1.89 bits per heavy atom. The standard InChI is InChI=1S/C16H21NO2/c1-13(2)16(18)15-8-9-17(10-15)12-19-11-14-6-4-3-5-7-14/h3-10,13,16,18H,11-12H2,1-2H3. The maximum Gasteiger partial charge on any atom is 0.122 e. The molecule has 3 heteroatoms. The molecule has 2 aromatic rings. The summed E-state index contributed by atoms with van der Waals surface area (Å²) in [7, 11) is 0. The average Bonchev–Trinajstić information content (AvgIpc) is 2.88. The Balaban J connectivity index is 1.84. The number of ether oxygens (including phenoxy) is 1. The van der Waals surface area contributed by atoms with Crippen LogP contribution in [-0.2, 0) is 18.1 Å². The van der Waals surface area contributed by atoms with Crippen molar-refractivity contribution < 1.29 is 9.84 Å². The Kier molecular flexibility index (Phi) is 4.77. The van der Waals surface area contributed by atoms with Crippen LogP contribution in [0.1, 0.15) is 31.1 Å². The number of nitrogens with zero attached hydrogens (tertiary/aromatic N) is 1. The third-order valence-corrected chi connectivity index (χ3v) is 3.10. The van der Waals surface area contributed by atoms with E-state index in [4.69, 9.17) is 4.74 Å². The van der Waals surface area contributed by atoms with Gasteiger partial charge in [-0.3, -0.25) is 0 Å². The summed E-state index contributed by atoms with van der Waals surface area (Å²) in [5.74, 6) is 0.223. The van der Waals surface area contributed by atoms with Gasteiger partial charge in [-0.2, -0.15) is 0 Å². The van der Waals surface area contributed by atoms with Crippen LogP contribution in [0.2, 0.25) is 0 Å². The van der Waals surface area contributed by atoms with E-state index in [0.717, 1.165) is 11.1 Å². The number of hydrogen-bond acceptors (Lipinski definition) is 2. The molecule has 0 amide bonds. The summed E-state index contributed by atoms with van der Waals surface area (Å²) >= 11 is 0. The van der Waals surface area contributed by atoms with Gasteiger partial charge in [-0.25, -0.2) is 0 Å². The molecule has 1 aromatic heterocycles. The van der Waals surface area contributed by atoms with Crippen LogP contribution in [0.4, 0.5) is 0 Å². The molecule has 0 aliphatic heterocycles. The highest BCUT2D eigenvalue weighted by molar-refractivity contribution is 5.14. The number of aliphatic hydroxyl groups excluding tert-OH is 1. The van der Waals surface area contributed by atoms with Crippen molar-refractivity contribution >= 4 is 0 Å². The molecule has 1 N–H and O–H groups in total. The van der Waals surface area contributed by atoms with Crippen LogP contribution >= 0.6 is 0 Å². The van der Waals surface area contributed by atoms with E-state index in [1.54, 1.807) is 0 Å². The first-order valence-corrected chi connectivity index (χ1v) is 6.62. The van der Waals surface area contributed by atoms with E-state index >= 15 is 0 Å². The molecule has 0 aliphatic rings. The van der Waals surface area contributed by atoms with Crippen molar-refractivity contribution in [2.45, 2.75) is 33.3 Å². The van der Waals surface area contributed by atoms with E-state index in [0.29, 0.717) is 13.3 Å². The molecular weight excluding hydrogens is 238 g/mol. The minimum atomic E-state index is -0.407. The van der Waals surface area contributed by atoms with Gasteiger partial charge in [0, 0.05) is 12.4 Å². The van der Waals surface area contributed by atoms with Crippen LogP contribution in [0.3, 0.4) is 0 Å². The minimum Gasteiger partial charge on any atom is -0.388 e. The molecule has 0 saturated heterocycles. The molecule has 0 aliphatic carbocycles. The van der Waals surface area contributed by atoms with Gasteiger partial charge in [-0.15, -0.1) is 0 Å². The van der Waals surface area contributed by atoms with Crippen molar-refractivity contribution in [3.05, 3.63) is 59.9 Å². The third-order valence-electron chi connectivity index (χ3n) is 3.10. The molecular formula is C16H21NO2. The highest BCUT2D eigenvalue weighted by atomic mass is 16.5. The Hall–Kier alpha value is -1.58. The van der Waals surface area contributed by atoms with Crippen molar-refractivity contribution in [3.63, 3.8) is 0 Å². The predicted octanol–water partition coefficient (Wildman–Crippen LogP) is 3.35. The van der Waals surface area contributed by atoms with E-state index in [9.17, 15) is 5.11 Å². The highest BCUT2D eigenvalue weighted by Gasteiger charge is 2.12. The van der Waals surface area contributed by atoms with E-state index in [2.05, 4.69) is 0 Å². The monoisotopic (exact) mass is 259 g/mol. The number of aromatic nitrogens is 1. The van der Waals surface area contributed by atoms with Crippen molar-refractivity contribution in [1.82, 2.24) is 4.57 Å². The fourth-order valence-electron chi connectivity index (χ4n) is 1.94. The van der Waals surface area contributed by atoms with Crippen molar-refractivity contribution in [3.8, 4) is 0 Å². The molecule has 1 heterocycles. The summed E-state index contributed by atoms with van der Waals surface area (Å²) in [5.41, 5.74) is 2.11. The van der Waals surface area contributed by atoms with Gasteiger partial charge in [0.1, 0.15) is 6.73 Å². The van der Waals surface area contributed by atoms with Crippen LogP contribution in [0.15, 0.2) is 48.8 Å². The molecule has 3 nitrogen and oxygen atoms in total.